The summed E-state index contributed by atoms with van der Waals surface area (Å²) in [7, 11) is 0. The Morgan fingerprint density at radius 1 is 0.671 bits per heavy atom. The molecule has 76 heavy (non-hydrogen) atoms. The summed E-state index contributed by atoms with van der Waals surface area (Å²) in [5.41, 5.74) is 35.2. The third kappa shape index (κ3) is 20.6. The van der Waals surface area contributed by atoms with Gasteiger partial charge in [0.1, 0.15) is 42.3 Å². The molecule has 4 rings (SSSR count). The maximum Gasteiger partial charge on any atom is 0.243 e. The molecule has 0 saturated carbocycles. The molecule has 27 heteroatoms. The number of hydrogen-bond donors (Lipinski definition) is 15. The van der Waals surface area contributed by atoms with E-state index in [2.05, 4.69) is 57.5 Å². The molecular weight excluding hydrogens is 987 g/mol. The molecule has 2 heterocycles. The number of aromatic amines is 1. The lowest BCUT2D eigenvalue weighted by Gasteiger charge is -2.28. The van der Waals surface area contributed by atoms with Crippen molar-refractivity contribution in [2.45, 2.75) is 126 Å². The number of nitrogens with one attached hydrogen (secondary N) is 9. The maximum absolute atomic E-state index is 14.6. The SMILES string of the molecule is CC(=O)N[C@@H](CCCN=C(N)N)C(=O)NC1CCNC(=O)CCCC(C(N)=O)NC(=O)[C@H](Cc2c[nH]c3ccccc23)NC(=O)[C@H](CCCN=C(N)N)NC(=O)C(Cc2ccccc2)NC(=O)[C@H](CCC(N)=O)NC1=O. The van der Waals surface area contributed by atoms with Crippen LogP contribution in [0.15, 0.2) is 70.8 Å². The van der Waals surface area contributed by atoms with E-state index in [1.54, 1.807) is 42.6 Å². The van der Waals surface area contributed by atoms with E-state index in [1.165, 1.54) is 6.92 Å². The van der Waals surface area contributed by atoms with E-state index in [9.17, 15) is 47.9 Å². The molecule has 1 fully saturated rings. The number of aliphatic imine (C=N–C) groups is 2. The molecule has 27 nitrogen and oxygen atoms in total. The van der Waals surface area contributed by atoms with Crippen LogP contribution >= 0.6 is 0 Å². The van der Waals surface area contributed by atoms with Gasteiger partial charge in [-0.3, -0.25) is 57.9 Å². The predicted octanol–water partition coefficient (Wildman–Crippen LogP) is -4.09. The van der Waals surface area contributed by atoms with E-state index >= 15 is 0 Å². The quantitative estimate of drug-likeness (QED) is 0.0309. The van der Waals surface area contributed by atoms with E-state index in [0.717, 1.165) is 10.9 Å². The molecule has 7 atom stereocenters. The molecule has 1 aliphatic rings. The van der Waals surface area contributed by atoms with E-state index in [4.69, 9.17) is 34.4 Å². The topological polar surface area (TPSA) is 464 Å². The Hall–Kier alpha value is -8.78. The third-order valence-electron chi connectivity index (χ3n) is 12.1. The van der Waals surface area contributed by atoms with Gasteiger partial charge in [-0.1, -0.05) is 48.5 Å². The van der Waals surface area contributed by atoms with Crippen molar-refractivity contribution in [3.63, 3.8) is 0 Å². The molecule has 0 radical (unpaired) electrons. The summed E-state index contributed by atoms with van der Waals surface area (Å²) in [5, 5.41) is 21.8. The summed E-state index contributed by atoms with van der Waals surface area (Å²) >= 11 is 0. The van der Waals surface area contributed by atoms with Crippen LogP contribution in [0.4, 0.5) is 0 Å². The number of H-pyrrole nitrogens is 1. The fourth-order valence-electron chi connectivity index (χ4n) is 8.23. The summed E-state index contributed by atoms with van der Waals surface area (Å²) in [4.78, 5) is 147. The minimum absolute atomic E-state index is 0.0167. The van der Waals surface area contributed by atoms with Gasteiger partial charge in [0.25, 0.3) is 0 Å². The van der Waals surface area contributed by atoms with Crippen LogP contribution in [0.3, 0.4) is 0 Å². The first kappa shape index (κ1) is 59.8. The summed E-state index contributed by atoms with van der Waals surface area (Å²) in [6, 6.07) is 5.88. The molecule has 2 aromatic carbocycles. The number of primary amides is 2. The van der Waals surface area contributed by atoms with E-state index in [0.29, 0.717) is 11.1 Å². The summed E-state index contributed by atoms with van der Waals surface area (Å²) in [6.45, 7) is 1.08. The van der Waals surface area contributed by atoms with Crippen molar-refractivity contribution < 1.29 is 47.9 Å². The highest BCUT2D eigenvalue weighted by atomic mass is 16.2. The molecule has 3 unspecified atom stereocenters. The van der Waals surface area contributed by atoms with E-state index in [1.807, 2.05) is 18.2 Å². The molecule has 0 spiro atoms. The van der Waals surface area contributed by atoms with Gasteiger partial charge in [-0.05, 0) is 68.6 Å². The molecule has 1 aliphatic heterocycles. The Morgan fingerprint density at radius 3 is 1.89 bits per heavy atom. The lowest BCUT2D eigenvalue weighted by molar-refractivity contribution is -0.136. The van der Waals surface area contributed by atoms with E-state index < -0.39 is 108 Å². The molecule has 0 aliphatic carbocycles. The van der Waals surface area contributed by atoms with Crippen molar-refractivity contribution in [2.24, 2.45) is 44.4 Å². The smallest absolute Gasteiger partial charge is 0.243 e. The molecule has 3 aromatic rings. The first-order valence-corrected chi connectivity index (χ1v) is 24.8. The number of nitrogens with two attached hydrogens (primary N) is 6. The lowest BCUT2D eigenvalue weighted by Crippen LogP contribution is -2.60. The normalized spacial score (nSPS) is 20.9. The summed E-state index contributed by atoms with van der Waals surface area (Å²) in [6.07, 6.45) is 0.296. The van der Waals surface area contributed by atoms with Gasteiger partial charge in [0.05, 0.1) is 0 Å². The number of para-hydroxylation sites is 1. The van der Waals surface area contributed by atoms with Gasteiger partial charge in [-0.25, -0.2) is 0 Å². The van der Waals surface area contributed by atoms with Crippen molar-refractivity contribution in [3.05, 3.63) is 71.9 Å². The van der Waals surface area contributed by atoms with Crippen molar-refractivity contribution in [3.8, 4) is 0 Å². The highest BCUT2D eigenvalue weighted by molar-refractivity contribution is 5.98. The van der Waals surface area contributed by atoms with Gasteiger partial charge in [-0.2, -0.15) is 0 Å². The average Bonchev–Trinajstić information content (AvgIpc) is 3.77. The van der Waals surface area contributed by atoms with Crippen LogP contribution in [-0.2, 0) is 60.8 Å². The van der Waals surface area contributed by atoms with Gasteiger partial charge in [0, 0.05) is 69.3 Å². The number of fused-ring (bicyclic) bond motifs is 1. The number of aromatic nitrogens is 1. The first-order chi connectivity index (χ1) is 36.2. The maximum atomic E-state index is 14.6. The standard InChI is InChI=1S/C49H71N17O10/c1-27(67)60-33(15-8-21-57-48(52)53)42(71)64-36-20-23-56-40(69)17-7-14-32(41(51)70)61-47(76)38(25-29-26-59-31-13-6-5-12-30(29)31)66-43(72)34(16-9-22-58-49(54)55)62-46(75)37(24-28-10-3-2-4-11-28)65-44(73)35(63-45(36)74)18-19-39(50)68/h2-6,10-13,26,32-38,59H,7-9,14-25H2,1H3,(H2,50,68)(H2,51,70)(H,56,69)(H,60,67)(H,61,76)(H,62,75)(H,63,74)(H,64,71)(H,65,73)(H,66,72)(H4,52,53,57)(H4,54,55,58)/t32?,33-,34-,35-,36?,37?,38-/m0/s1. The Kier molecular flexibility index (Phi) is 23.9. The number of nitrogens with zero attached hydrogens (tertiary/aromatic N) is 2. The molecule has 1 aromatic heterocycles. The van der Waals surface area contributed by atoms with Crippen LogP contribution < -0.4 is 76.9 Å². The minimum atomic E-state index is -1.58. The van der Waals surface area contributed by atoms with Crippen molar-refractivity contribution in [1.29, 1.82) is 0 Å². The molecule has 21 N–H and O–H groups in total. The van der Waals surface area contributed by atoms with Crippen LogP contribution in [0, 0.1) is 0 Å². The first-order valence-electron chi connectivity index (χ1n) is 24.8. The monoisotopic (exact) mass is 1060 g/mol. The van der Waals surface area contributed by atoms with Gasteiger partial charge >= 0.3 is 0 Å². The van der Waals surface area contributed by atoms with Gasteiger partial charge in [-0.15, -0.1) is 0 Å². The Labute approximate surface area is 438 Å². The Morgan fingerprint density at radius 2 is 1.25 bits per heavy atom. The number of guanidine groups is 2. The predicted molar refractivity (Wildman–Crippen MR) is 280 cm³/mol. The number of benzene rings is 2. The fourth-order valence-corrected chi connectivity index (χ4v) is 8.23. The van der Waals surface area contributed by atoms with Crippen LogP contribution in [0.2, 0.25) is 0 Å². The fraction of sp³-hybridized carbons (Fsp3) is 0.469. The number of hydrogen-bond acceptors (Lipinski definition) is 12. The highest BCUT2D eigenvalue weighted by Crippen LogP contribution is 2.20. The van der Waals surface area contributed by atoms with Gasteiger partial charge in [0.15, 0.2) is 11.9 Å². The van der Waals surface area contributed by atoms with Crippen molar-refractivity contribution in [1.82, 2.24) is 47.5 Å². The zero-order chi connectivity index (χ0) is 55.7. The summed E-state index contributed by atoms with van der Waals surface area (Å²) < 4.78 is 0. The second-order valence-electron chi connectivity index (χ2n) is 18.2. The van der Waals surface area contributed by atoms with Crippen LogP contribution in [0.1, 0.15) is 82.3 Å². The van der Waals surface area contributed by atoms with Crippen LogP contribution in [0.25, 0.3) is 10.9 Å². The van der Waals surface area contributed by atoms with Gasteiger partial charge in [0.2, 0.25) is 59.1 Å². The van der Waals surface area contributed by atoms with Gasteiger partial charge < -0.3 is 81.9 Å². The Bertz CT molecular complexity index is 2580. The zero-order valence-corrected chi connectivity index (χ0v) is 42.4. The molecule has 10 amide bonds. The summed E-state index contributed by atoms with van der Waals surface area (Å²) in [5.74, 6) is -8.60. The minimum Gasteiger partial charge on any atom is -0.370 e. The molecule has 1 saturated heterocycles. The number of carbonyl (C=O) groups excluding carboxylic acids is 10. The zero-order valence-electron chi connectivity index (χ0n) is 42.4. The van der Waals surface area contributed by atoms with Crippen LogP contribution in [0.5, 0.6) is 0 Å². The molecule has 412 valence electrons. The molecular formula is C49H71N17O10. The van der Waals surface area contributed by atoms with Crippen molar-refractivity contribution >= 4 is 81.9 Å². The second-order valence-corrected chi connectivity index (χ2v) is 18.2. The molecule has 0 bridgehead atoms. The average molecular weight is 1060 g/mol. The number of rotatable bonds is 19. The highest BCUT2D eigenvalue weighted by Gasteiger charge is 2.35. The number of carbonyl (C=O) groups is 10. The Balaban J connectivity index is 1.78. The van der Waals surface area contributed by atoms with E-state index in [-0.39, 0.29) is 102 Å². The van der Waals surface area contributed by atoms with Crippen molar-refractivity contribution in [2.75, 3.05) is 19.6 Å². The second kappa shape index (κ2) is 30.4. The largest absolute Gasteiger partial charge is 0.370 e. The third-order valence-corrected chi connectivity index (χ3v) is 12.1. The number of amides is 10. The van der Waals surface area contributed by atoms with Crippen LogP contribution in [-0.4, -0.2) is 138 Å². The lowest BCUT2D eigenvalue weighted by atomic mass is 10.0.